The summed E-state index contributed by atoms with van der Waals surface area (Å²) in [6.45, 7) is 4.14. The van der Waals surface area contributed by atoms with Gasteiger partial charge in [0.15, 0.2) is 0 Å². The third kappa shape index (κ3) is 2.31. The maximum atomic E-state index is 2.32. The second kappa shape index (κ2) is 5.84. The largest absolute Gasteiger partial charge is 0.310 e. The van der Waals surface area contributed by atoms with Crippen molar-refractivity contribution in [3.05, 3.63) is 77.3 Å². The molecule has 0 unspecified atom stereocenters. The molecule has 0 bridgehead atoms. The number of para-hydroxylation sites is 2. The van der Waals surface area contributed by atoms with Gasteiger partial charge in [-0.15, -0.1) is 0 Å². The van der Waals surface area contributed by atoms with Crippen molar-refractivity contribution in [2.45, 2.75) is 13.8 Å². The Morgan fingerprint density at radius 2 is 1.57 bits per heavy atom. The average molecular weight is 273 g/mol. The number of nitrogens with zero attached hydrogens (tertiary/aromatic N) is 1. The van der Waals surface area contributed by atoms with Crippen LogP contribution in [0.3, 0.4) is 0 Å². The first-order chi connectivity index (χ1) is 10.4. The van der Waals surface area contributed by atoms with E-state index in [9.17, 15) is 0 Å². The minimum absolute atomic E-state index is 1.20. The van der Waals surface area contributed by atoms with Crippen LogP contribution in [0.4, 0.5) is 0 Å². The molecule has 0 aliphatic heterocycles. The fourth-order valence-corrected chi connectivity index (χ4v) is 2.79. The predicted octanol–water partition coefficient (Wildman–Crippen LogP) is 3.79. The molecule has 0 N–H and O–H groups in total. The highest BCUT2D eigenvalue weighted by atomic mass is 15.0. The predicted molar refractivity (Wildman–Crippen MR) is 91.9 cm³/mol. The minimum Gasteiger partial charge on any atom is -0.310 e. The fraction of sp³-hybridized carbons (Fsp3) is 0.100. The number of allylic oxidation sites excluding steroid dienone is 2. The Hall–Kier alpha value is -2.54. The van der Waals surface area contributed by atoms with Gasteiger partial charge >= 0.3 is 0 Å². The number of aromatic nitrogens is 1. The molecule has 0 fully saturated rings. The molecular weight excluding hydrogens is 254 g/mol. The number of hydrogen-bond donors (Lipinski definition) is 0. The number of benzene rings is 2. The zero-order chi connectivity index (χ0) is 14.7. The highest BCUT2D eigenvalue weighted by Gasteiger charge is 2.07. The molecule has 21 heavy (non-hydrogen) atoms. The number of fused-ring (bicyclic) bond motifs is 1. The molecule has 0 saturated heterocycles. The highest BCUT2D eigenvalue weighted by Crippen LogP contribution is 2.14. The van der Waals surface area contributed by atoms with Crippen LogP contribution in [0, 0.1) is 0 Å². The Balaban J connectivity index is 2.51. The van der Waals surface area contributed by atoms with Crippen LogP contribution < -0.4 is 10.6 Å². The molecule has 3 aromatic rings. The molecule has 2 aromatic carbocycles. The molecule has 0 saturated carbocycles. The summed E-state index contributed by atoms with van der Waals surface area (Å²) in [7, 11) is 0. The van der Waals surface area contributed by atoms with Gasteiger partial charge in [-0.25, -0.2) is 0 Å². The molecule has 1 aromatic heterocycles. The zero-order valence-corrected chi connectivity index (χ0v) is 12.5. The second-order valence-corrected chi connectivity index (χ2v) is 4.97. The summed E-state index contributed by atoms with van der Waals surface area (Å²) in [4.78, 5) is 0. The van der Waals surface area contributed by atoms with Crippen molar-refractivity contribution in [1.82, 2.24) is 4.57 Å². The van der Waals surface area contributed by atoms with E-state index in [0.29, 0.717) is 0 Å². The molecule has 3 rings (SSSR count). The lowest BCUT2D eigenvalue weighted by molar-refractivity contribution is 1.07. The van der Waals surface area contributed by atoms with Crippen LogP contribution in [0.5, 0.6) is 0 Å². The van der Waals surface area contributed by atoms with E-state index in [2.05, 4.69) is 90.4 Å². The summed E-state index contributed by atoms with van der Waals surface area (Å²) in [5.41, 5.74) is 2.44. The lowest BCUT2D eigenvalue weighted by Gasteiger charge is -2.05. The van der Waals surface area contributed by atoms with Gasteiger partial charge in [0.25, 0.3) is 0 Å². The van der Waals surface area contributed by atoms with Crippen molar-refractivity contribution in [2.24, 2.45) is 0 Å². The molecule has 104 valence electrons. The Bertz CT molecular complexity index is 896. The maximum absolute atomic E-state index is 2.32. The maximum Gasteiger partial charge on any atom is 0.0540 e. The quantitative estimate of drug-likeness (QED) is 0.669. The smallest absolute Gasteiger partial charge is 0.0540 e. The normalized spacial score (nSPS) is 13.6. The number of hydrogen-bond acceptors (Lipinski definition) is 0. The third-order valence-corrected chi connectivity index (χ3v) is 3.70. The van der Waals surface area contributed by atoms with Crippen LogP contribution in [0.2, 0.25) is 0 Å². The summed E-state index contributed by atoms with van der Waals surface area (Å²) in [6, 6.07) is 19.1. The van der Waals surface area contributed by atoms with Gasteiger partial charge in [0.2, 0.25) is 0 Å². The van der Waals surface area contributed by atoms with Crippen molar-refractivity contribution < 1.29 is 0 Å². The summed E-state index contributed by atoms with van der Waals surface area (Å²) in [5.74, 6) is 0. The standard InChI is InChI=1S/C20H19N/c1-3-5-13-17-18-14-9-10-15-20(18)21(19(17)4-2)16-11-7-6-8-12-16/h3-15H,1-2H3/b5-3-,17-13-,19-4+. The van der Waals surface area contributed by atoms with E-state index in [1.54, 1.807) is 0 Å². The Kier molecular flexibility index (Phi) is 3.74. The molecule has 1 heterocycles. The molecule has 0 aliphatic carbocycles. The zero-order valence-electron chi connectivity index (χ0n) is 12.5. The van der Waals surface area contributed by atoms with E-state index in [0.717, 1.165) is 0 Å². The van der Waals surface area contributed by atoms with Gasteiger partial charge in [-0.2, -0.15) is 0 Å². The Morgan fingerprint density at radius 1 is 0.857 bits per heavy atom. The van der Waals surface area contributed by atoms with E-state index < -0.39 is 0 Å². The number of rotatable bonds is 2. The van der Waals surface area contributed by atoms with E-state index in [1.165, 1.54) is 27.2 Å². The average Bonchev–Trinajstić information content (AvgIpc) is 2.87. The monoisotopic (exact) mass is 273 g/mol. The van der Waals surface area contributed by atoms with Gasteiger partial charge in [0, 0.05) is 21.6 Å². The Morgan fingerprint density at radius 3 is 2.29 bits per heavy atom. The van der Waals surface area contributed by atoms with Crippen LogP contribution >= 0.6 is 0 Å². The fourth-order valence-electron chi connectivity index (χ4n) is 2.79. The summed E-state index contributed by atoms with van der Waals surface area (Å²) >= 11 is 0. The minimum atomic E-state index is 1.20. The lowest BCUT2D eigenvalue weighted by atomic mass is 10.2. The van der Waals surface area contributed by atoms with Gasteiger partial charge in [0.05, 0.1) is 5.52 Å². The summed E-state index contributed by atoms with van der Waals surface area (Å²) in [5, 5.41) is 3.79. The second-order valence-electron chi connectivity index (χ2n) is 4.97. The Labute approximate surface area is 125 Å². The molecule has 1 heteroatoms. The van der Waals surface area contributed by atoms with E-state index >= 15 is 0 Å². The molecule has 0 aliphatic rings. The van der Waals surface area contributed by atoms with Crippen LogP contribution in [0.15, 0.2) is 66.7 Å². The van der Waals surface area contributed by atoms with Crippen molar-refractivity contribution in [1.29, 1.82) is 0 Å². The summed E-state index contributed by atoms with van der Waals surface area (Å²) < 4.78 is 2.32. The van der Waals surface area contributed by atoms with Crippen molar-refractivity contribution >= 4 is 23.1 Å². The van der Waals surface area contributed by atoms with Crippen molar-refractivity contribution in [3.8, 4) is 5.69 Å². The van der Waals surface area contributed by atoms with Crippen LogP contribution in [0.1, 0.15) is 13.8 Å². The van der Waals surface area contributed by atoms with Gasteiger partial charge in [-0.3, -0.25) is 0 Å². The first-order valence-electron chi connectivity index (χ1n) is 7.31. The van der Waals surface area contributed by atoms with Crippen molar-refractivity contribution in [3.63, 3.8) is 0 Å². The van der Waals surface area contributed by atoms with E-state index in [-0.39, 0.29) is 0 Å². The molecule has 0 radical (unpaired) electrons. The first kappa shape index (κ1) is 13.4. The van der Waals surface area contributed by atoms with Gasteiger partial charge in [0.1, 0.15) is 0 Å². The van der Waals surface area contributed by atoms with Gasteiger partial charge in [-0.1, -0.05) is 60.7 Å². The van der Waals surface area contributed by atoms with Crippen LogP contribution in [-0.2, 0) is 0 Å². The van der Waals surface area contributed by atoms with Crippen LogP contribution in [-0.4, -0.2) is 4.57 Å². The molecule has 1 nitrogen and oxygen atoms in total. The third-order valence-electron chi connectivity index (χ3n) is 3.70. The summed E-state index contributed by atoms with van der Waals surface area (Å²) in [6.07, 6.45) is 8.54. The van der Waals surface area contributed by atoms with Gasteiger partial charge < -0.3 is 4.57 Å². The van der Waals surface area contributed by atoms with E-state index in [1.807, 2.05) is 6.92 Å². The highest BCUT2D eigenvalue weighted by molar-refractivity contribution is 5.84. The first-order valence-corrected chi connectivity index (χ1v) is 7.31. The molecule has 0 amide bonds. The SMILES string of the molecule is C\C=C/C=c1\c(=C/C)n(-c2ccccc2)c2ccccc12. The van der Waals surface area contributed by atoms with Gasteiger partial charge in [-0.05, 0) is 32.0 Å². The topological polar surface area (TPSA) is 4.93 Å². The van der Waals surface area contributed by atoms with Crippen LogP contribution in [0.25, 0.3) is 28.7 Å². The van der Waals surface area contributed by atoms with E-state index in [4.69, 9.17) is 0 Å². The lowest BCUT2D eigenvalue weighted by Crippen LogP contribution is -2.27. The molecular formula is C20H19N. The molecule has 0 spiro atoms. The molecule has 0 atom stereocenters. The van der Waals surface area contributed by atoms with Crippen molar-refractivity contribution in [2.75, 3.05) is 0 Å².